The highest BCUT2D eigenvalue weighted by molar-refractivity contribution is 5.89. The van der Waals surface area contributed by atoms with Gasteiger partial charge >= 0.3 is 5.97 Å². The van der Waals surface area contributed by atoms with Crippen molar-refractivity contribution in [3.8, 4) is 0 Å². The molecule has 0 aliphatic carbocycles. The van der Waals surface area contributed by atoms with Gasteiger partial charge in [0.1, 0.15) is 6.10 Å². The third kappa shape index (κ3) is 3.18. The van der Waals surface area contributed by atoms with Gasteiger partial charge in [-0.05, 0) is 32.0 Å². The Kier molecular flexibility index (Phi) is 4.13. The maximum atomic E-state index is 11.5. The Morgan fingerprint density at radius 2 is 2.07 bits per heavy atom. The SMILES string of the molecule is C[C@H](CCN)OC(=O)c1ccccc1. The molecule has 0 aliphatic rings. The second-order valence-corrected chi connectivity index (χ2v) is 3.16. The number of hydrogen-bond donors (Lipinski definition) is 1. The number of rotatable bonds is 4. The van der Waals surface area contributed by atoms with Gasteiger partial charge in [-0.25, -0.2) is 4.79 Å². The van der Waals surface area contributed by atoms with Gasteiger partial charge in [-0.3, -0.25) is 0 Å². The summed E-state index contributed by atoms with van der Waals surface area (Å²) in [4.78, 5) is 11.5. The van der Waals surface area contributed by atoms with E-state index >= 15 is 0 Å². The fraction of sp³-hybridized carbons (Fsp3) is 0.364. The smallest absolute Gasteiger partial charge is 0.338 e. The van der Waals surface area contributed by atoms with Gasteiger partial charge in [0.25, 0.3) is 0 Å². The Labute approximate surface area is 83.9 Å². The number of hydrogen-bond acceptors (Lipinski definition) is 3. The number of carbonyl (C=O) groups is 1. The molecule has 1 rings (SSSR count). The minimum Gasteiger partial charge on any atom is -0.459 e. The van der Waals surface area contributed by atoms with Gasteiger partial charge in [0.15, 0.2) is 0 Å². The maximum absolute atomic E-state index is 11.5. The monoisotopic (exact) mass is 193 g/mol. The van der Waals surface area contributed by atoms with Crippen molar-refractivity contribution in [2.24, 2.45) is 5.73 Å². The van der Waals surface area contributed by atoms with E-state index in [1.807, 2.05) is 25.1 Å². The molecule has 3 heteroatoms. The van der Waals surface area contributed by atoms with Gasteiger partial charge < -0.3 is 10.5 Å². The second kappa shape index (κ2) is 5.40. The van der Waals surface area contributed by atoms with Crippen molar-refractivity contribution < 1.29 is 9.53 Å². The van der Waals surface area contributed by atoms with Crippen LogP contribution in [0.5, 0.6) is 0 Å². The highest BCUT2D eigenvalue weighted by Gasteiger charge is 2.10. The van der Waals surface area contributed by atoms with Gasteiger partial charge in [-0.15, -0.1) is 0 Å². The molecular formula is C11H15NO2. The molecular weight excluding hydrogens is 178 g/mol. The molecule has 1 aromatic carbocycles. The molecule has 0 radical (unpaired) electrons. The molecule has 1 atom stereocenters. The predicted molar refractivity (Wildman–Crippen MR) is 55.0 cm³/mol. The first-order valence-electron chi connectivity index (χ1n) is 4.70. The van der Waals surface area contributed by atoms with Gasteiger partial charge in [0.05, 0.1) is 5.56 Å². The lowest BCUT2D eigenvalue weighted by Crippen LogP contribution is -2.18. The first kappa shape index (κ1) is 10.7. The lowest BCUT2D eigenvalue weighted by molar-refractivity contribution is 0.0330. The summed E-state index contributed by atoms with van der Waals surface area (Å²) in [5.41, 5.74) is 5.93. The molecule has 3 nitrogen and oxygen atoms in total. The van der Waals surface area contributed by atoms with Crippen LogP contribution in [0.15, 0.2) is 30.3 Å². The van der Waals surface area contributed by atoms with E-state index in [-0.39, 0.29) is 12.1 Å². The molecule has 0 bridgehead atoms. The summed E-state index contributed by atoms with van der Waals surface area (Å²) in [6, 6.07) is 8.95. The summed E-state index contributed by atoms with van der Waals surface area (Å²) in [7, 11) is 0. The van der Waals surface area contributed by atoms with Gasteiger partial charge in [0, 0.05) is 0 Å². The molecule has 0 heterocycles. The van der Waals surface area contributed by atoms with Gasteiger partial charge in [-0.2, -0.15) is 0 Å². The Morgan fingerprint density at radius 1 is 1.43 bits per heavy atom. The molecule has 0 saturated carbocycles. The van der Waals surface area contributed by atoms with E-state index in [1.54, 1.807) is 12.1 Å². The molecule has 0 aromatic heterocycles. The van der Waals surface area contributed by atoms with Crippen LogP contribution >= 0.6 is 0 Å². The topological polar surface area (TPSA) is 52.3 Å². The van der Waals surface area contributed by atoms with Crippen LogP contribution in [0, 0.1) is 0 Å². The first-order chi connectivity index (χ1) is 6.74. The van der Waals surface area contributed by atoms with Crippen LogP contribution in [0.1, 0.15) is 23.7 Å². The zero-order chi connectivity index (χ0) is 10.4. The molecule has 76 valence electrons. The van der Waals surface area contributed by atoms with Crippen molar-refractivity contribution in [1.82, 2.24) is 0 Å². The van der Waals surface area contributed by atoms with E-state index in [1.165, 1.54) is 0 Å². The minimum absolute atomic E-state index is 0.118. The molecule has 0 fully saturated rings. The summed E-state index contributed by atoms with van der Waals surface area (Å²) >= 11 is 0. The van der Waals surface area contributed by atoms with Crippen LogP contribution < -0.4 is 5.73 Å². The van der Waals surface area contributed by atoms with Crippen molar-refractivity contribution in [2.75, 3.05) is 6.54 Å². The predicted octanol–water partition coefficient (Wildman–Crippen LogP) is 1.58. The molecule has 14 heavy (non-hydrogen) atoms. The van der Waals surface area contributed by atoms with E-state index in [4.69, 9.17) is 10.5 Å². The van der Waals surface area contributed by atoms with Crippen LogP contribution in [0.4, 0.5) is 0 Å². The standard InChI is InChI=1S/C11H15NO2/c1-9(7-8-12)14-11(13)10-5-3-2-4-6-10/h2-6,9H,7-8,12H2,1H3/t9-/m1/s1. The Balaban J connectivity index is 2.51. The first-order valence-corrected chi connectivity index (χ1v) is 4.70. The van der Waals surface area contributed by atoms with Crippen molar-refractivity contribution >= 4 is 5.97 Å². The molecule has 0 unspecified atom stereocenters. The van der Waals surface area contributed by atoms with Crippen molar-refractivity contribution in [1.29, 1.82) is 0 Å². The summed E-state index contributed by atoms with van der Waals surface area (Å²) < 4.78 is 5.16. The summed E-state index contributed by atoms with van der Waals surface area (Å²) in [6.45, 7) is 2.37. The fourth-order valence-corrected chi connectivity index (χ4v) is 1.12. The quantitative estimate of drug-likeness (QED) is 0.738. The van der Waals surface area contributed by atoms with Crippen LogP contribution in [-0.2, 0) is 4.74 Å². The number of ether oxygens (including phenoxy) is 1. The van der Waals surface area contributed by atoms with Crippen LogP contribution in [0.25, 0.3) is 0 Å². The number of carbonyl (C=O) groups excluding carboxylic acids is 1. The molecule has 0 spiro atoms. The van der Waals surface area contributed by atoms with Crippen LogP contribution in [0.3, 0.4) is 0 Å². The van der Waals surface area contributed by atoms with Crippen molar-refractivity contribution in [2.45, 2.75) is 19.4 Å². The average Bonchev–Trinajstić information content (AvgIpc) is 2.19. The number of esters is 1. The molecule has 0 amide bonds. The number of nitrogens with two attached hydrogens (primary N) is 1. The Morgan fingerprint density at radius 3 is 2.64 bits per heavy atom. The average molecular weight is 193 g/mol. The lowest BCUT2D eigenvalue weighted by Gasteiger charge is -2.11. The third-order valence-electron chi connectivity index (χ3n) is 1.89. The number of benzene rings is 1. The van der Waals surface area contributed by atoms with Gasteiger partial charge in [-0.1, -0.05) is 18.2 Å². The van der Waals surface area contributed by atoms with E-state index < -0.39 is 0 Å². The highest BCUT2D eigenvalue weighted by Crippen LogP contribution is 2.04. The third-order valence-corrected chi connectivity index (χ3v) is 1.89. The molecule has 1 aromatic rings. The zero-order valence-electron chi connectivity index (χ0n) is 8.27. The van der Waals surface area contributed by atoms with E-state index in [0.717, 1.165) is 0 Å². The van der Waals surface area contributed by atoms with E-state index in [9.17, 15) is 4.79 Å². The normalized spacial score (nSPS) is 12.1. The van der Waals surface area contributed by atoms with Crippen molar-refractivity contribution in [3.63, 3.8) is 0 Å². The molecule has 0 aliphatic heterocycles. The molecule has 2 N–H and O–H groups in total. The summed E-state index contributed by atoms with van der Waals surface area (Å²) in [6.07, 6.45) is 0.575. The highest BCUT2D eigenvalue weighted by atomic mass is 16.5. The maximum Gasteiger partial charge on any atom is 0.338 e. The minimum atomic E-state index is -0.286. The summed E-state index contributed by atoms with van der Waals surface area (Å²) in [5, 5.41) is 0. The lowest BCUT2D eigenvalue weighted by atomic mass is 10.2. The van der Waals surface area contributed by atoms with Crippen LogP contribution in [-0.4, -0.2) is 18.6 Å². The van der Waals surface area contributed by atoms with E-state index in [0.29, 0.717) is 18.5 Å². The Bertz CT molecular complexity index is 285. The van der Waals surface area contributed by atoms with Crippen LogP contribution in [0.2, 0.25) is 0 Å². The second-order valence-electron chi connectivity index (χ2n) is 3.16. The van der Waals surface area contributed by atoms with Crippen molar-refractivity contribution in [3.05, 3.63) is 35.9 Å². The largest absolute Gasteiger partial charge is 0.459 e. The fourth-order valence-electron chi connectivity index (χ4n) is 1.12. The summed E-state index contributed by atoms with van der Waals surface area (Å²) in [5.74, 6) is -0.286. The Hall–Kier alpha value is -1.35. The van der Waals surface area contributed by atoms with E-state index in [2.05, 4.69) is 0 Å². The zero-order valence-corrected chi connectivity index (χ0v) is 8.27. The molecule has 0 saturated heterocycles. The van der Waals surface area contributed by atoms with Gasteiger partial charge in [0.2, 0.25) is 0 Å².